The number of hydrogen-bond donors (Lipinski definition) is 0. The molecule has 1 fully saturated rings. The van der Waals surface area contributed by atoms with E-state index in [0.717, 1.165) is 30.8 Å². The molecule has 2 aliphatic rings. The van der Waals surface area contributed by atoms with Crippen molar-refractivity contribution in [2.75, 3.05) is 20.1 Å². The number of nitrogens with zero attached hydrogens (tertiary/aromatic N) is 4. The Bertz CT molecular complexity index is 1080. The van der Waals surface area contributed by atoms with Gasteiger partial charge in [-0.1, -0.05) is 30.3 Å². The zero-order valence-corrected chi connectivity index (χ0v) is 17.1. The number of carbonyl (C=O) groups excluding carboxylic acids is 1. The quantitative estimate of drug-likeness (QED) is 0.656. The van der Waals surface area contributed by atoms with Gasteiger partial charge in [0.15, 0.2) is 0 Å². The van der Waals surface area contributed by atoms with Gasteiger partial charge in [-0.3, -0.25) is 9.69 Å². The van der Waals surface area contributed by atoms with E-state index in [1.165, 1.54) is 23.4 Å². The van der Waals surface area contributed by atoms with E-state index in [9.17, 15) is 9.18 Å². The topological polar surface area (TPSA) is 41.4 Å². The van der Waals surface area contributed by atoms with Crippen LogP contribution in [0.15, 0.2) is 60.9 Å². The highest BCUT2D eigenvalue weighted by atomic mass is 19.1. The van der Waals surface area contributed by atoms with Crippen molar-refractivity contribution in [3.63, 3.8) is 0 Å². The van der Waals surface area contributed by atoms with Crippen molar-refractivity contribution < 1.29 is 9.18 Å². The Balaban J connectivity index is 1.38. The SMILES string of the molecule is CN1Cc2ccccc2-n2ccnc2C12CCN(C(=O)Cc1cccc(F)c1)CC2. The Kier molecular flexibility index (Phi) is 4.66. The van der Waals surface area contributed by atoms with Gasteiger partial charge in [0, 0.05) is 32.0 Å². The molecule has 5 rings (SSSR count). The van der Waals surface area contributed by atoms with Crippen molar-refractivity contribution >= 4 is 5.91 Å². The summed E-state index contributed by atoms with van der Waals surface area (Å²) in [5, 5.41) is 0. The Morgan fingerprint density at radius 2 is 1.93 bits per heavy atom. The van der Waals surface area contributed by atoms with E-state index in [4.69, 9.17) is 4.98 Å². The molecular weight excluding hydrogens is 379 g/mol. The van der Waals surface area contributed by atoms with Gasteiger partial charge in [0.2, 0.25) is 5.91 Å². The molecule has 0 unspecified atom stereocenters. The highest BCUT2D eigenvalue weighted by Gasteiger charge is 2.45. The summed E-state index contributed by atoms with van der Waals surface area (Å²) in [7, 11) is 2.16. The van der Waals surface area contributed by atoms with Gasteiger partial charge in [0.05, 0.1) is 17.6 Å². The summed E-state index contributed by atoms with van der Waals surface area (Å²) >= 11 is 0. The number of carbonyl (C=O) groups is 1. The summed E-state index contributed by atoms with van der Waals surface area (Å²) in [5.41, 5.74) is 2.97. The number of rotatable bonds is 2. The van der Waals surface area contributed by atoms with Crippen LogP contribution in [-0.4, -0.2) is 45.4 Å². The largest absolute Gasteiger partial charge is 0.342 e. The lowest BCUT2D eigenvalue weighted by Gasteiger charge is -2.46. The zero-order valence-electron chi connectivity index (χ0n) is 17.1. The minimum atomic E-state index is -0.301. The summed E-state index contributed by atoms with van der Waals surface area (Å²) < 4.78 is 15.7. The van der Waals surface area contributed by atoms with Gasteiger partial charge in [0.1, 0.15) is 11.6 Å². The fourth-order valence-electron chi connectivity index (χ4n) is 4.96. The molecule has 1 amide bonds. The van der Waals surface area contributed by atoms with E-state index in [1.807, 2.05) is 17.3 Å². The molecule has 1 spiro atoms. The van der Waals surface area contributed by atoms with Crippen LogP contribution in [0, 0.1) is 5.82 Å². The summed E-state index contributed by atoms with van der Waals surface area (Å²) in [6.07, 6.45) is 5.79. The Hall–Kier alpha value is -2.99. The van der Waals surface area contributed by atoms with Crippen LogP contribution in [0.4, 0.5) is 4.39 Å². The number of aromatic nitrogens is 2. The minimum Gasteiger partial charge on any atom is -0.342 e. The molecule has 0 atom stereocenters. The molecule has 6 heteroatoms. The van der Waals surface area contributed by atoms with Gasteiger partial charge >= 0.3 is 0 Å². The summed E-state index contributed by atoms with van der Waals surface area (Å²) in [6.45, 7) is 2.18. The fourth-order valence-corrected chi connectivity index (χ4v) is 4.96. The number of hydrogen-bond acceptors (Lipinski definition) is 3. The first-order valence-electron chi connectivity index (χ1n) is 10.4. The van der Waals surface area contributed by atoms with E-state index < -0.39 is 0 Å². The van der Waals surface area contributed by atoms with Gasteiger partial charge in [0.25, 0.3) is 0 Å². The molecule has 1 aromatic heterocycles. The molecule has 2 aliphatic heterocycles. The number of fused-ring (bicyclic) bond motifs is 4. The molecule has 0 radical (unpaired) electrons. The normalized spacial score (nSPS) is 18.0. The van der Waals surface area contributed by atoms with E-state index in [-0.39, 0.29) is 23.7 Å². The Labute approximate surface area is 175 Å². The van der Waals surface area contributed by atoms with E-state index in [1.54, 1.807) is 12.1 Å². The number of likely N-dealkylation sites (tertiary alicyclic amines) is 1. The first-order chi connectivity index (χ1) is 14.6. The molecule has 3 aromatic rings. The van der Waals surface area contributed by atoms with Crippen LogP contribution in [0.2, 0.25) is 0 Å². The maximum Gasteiger partial charge on any atom is 0.226 e. The second-order valence-corrected chi connectivity index (χ2v) is 8.32. The second kappa shape index (κ2) is 7.36. The van der Waals surface area contributed by atoms with E-state index in [0.29, 0.717) is 13.1 Å². The van der Waals surface area contributed by atoms with Crippen LogP contribution >= 0.6 is 0 Å². The van der Waals surface area contributed by atoms with Gasteiger partial charge < -0.3 is 9.47 Å². The molecular formula is C24H25FN4O. The first kappa shape index (κ1) is 19.0. The minimum absolute atomic E-state index is 0.0540. The molecule has 1 saturated heterocycles. The zero-order chi connectivity index (χ0) is 20.7. The van der Waals surface area contributed by atoms with Crippen LogP contribution in [0.3, 0.4) is 0 Å². The lowest BCUT2D eigenvalue weighted by molar-refractivity contribution is -0.133. The molecule has 0 saturated carbocycles. The fraction of sp³-hybridized carbons (Fsp3) is 0.333. The number of piperidine rings is 1. The van der Waals surface area contributed by atoms with Gasteiger partial charge in [-0.25, -0.2) is 9.37 Å². The third-order valence-corrected chi connectivity index (χ3v) is 6.63. The number of para-hydroxylation sites is 1. The predicted octanol–water partition coefficient (Wildman–Crippen LogP) is 3.52. The molecule has 3 heterocycles. The highest BCUT2D eigenvalue weighted by molar-refractivity contribution is 5.79. The molecule has 5 nitrogen and oxygen atoms in total. The Morgan fingerprint density at radius 3 is 2.73 bits per heavy atom. The van der Waals surface area contributed by atoms with Gasteiger partial charge in [-0.2, -0.15) is 0 Å². The first-order valence-corrected chi connectivity index (χ1v) is 10.4. The van der Waals surface area contributed by atoms with Crippen LogP contribution in [0.5, 0.6) is 0 Å². The van der Waals surface area contributed by atoms with Crippen molar-refractivity contribution in [3.05, 3.63) is 83.7 Å². The number of imidazole rings is 1. The van der Waals surface area contributed by atoms with E-state index >= 15 is 0 Å². The van der Waals surface area contributed by atoms with Crippen LogP contribution < -0.4 is 0 Å². The monoisotopic (exact) mass is 404 g/mol. The van der Waals surface area contributed by atoms with Crippen molar-refractivity contribution in [2.45, 2.75) is 31.3 Å². The smallest absolute Gasteiger partial charge is 0.226 e. The average Bonchev–Trinajstić information content (AvgIpc) is 3.21. The maximum absolute atomic E-state index is 13.5. The third-order valence-electron chi connectivity index (χ3n) is 6.63. The second-order valence-electron chi connectivity index (χ2n) is 8.32. The van der Waals surface area contributed by atoms with E-state index in [2.05, 4.69) is 40.8 Å². The maximum atomic E-state index is 13.5. The van der Waals surface area contributed by atoms with Crippen molar-refractivity contribution in [1.29, 1.82) is 0 Å². The number of halogens is 1. The molecule has 154 valence electrons. The summed E-state index contributed by atoms with van der Waals surface area (Å²) in [4.78, 5) is 21.9. The number of amides is 1. The third kappa shape index (κ3) is 3.12. The van der Waals surface area contributed by atoms with Crippen molar-refractivity contribution in [3.8, 4) is 5.69 Å². The summed E-state index contributed by atoms with van der Waals surface area (Å²) in [6, 6.07) is 14.8. The lowest BCUT2D eigenvalue weighted by atomic mass is 9.84. The summed E-state index contributed by atoms with van der Waals surface area (Å²) in [5.74, 6) is 0.801. The molecule has 0 bridgehead atoms. The van der Waals surface area contributed by atoms with Crippen LogP contribution in [0.1, 0.15) is 29.8 Å². The van der Waals surface area contributed by atoms with Crippen molar-refractivity contribution in [2.24, 2.45) is 0 Å². The van der Waals surface area contributed by atoms with Crippen molar-refractivity contribution in [1.82, 2.24) is 19.4 Å². The lowest BCUT2D eigenvalue weighted by Crippen LogP contribution is -2.53. The number of benzene rings is 2. The van der Waals surface area contributed by atoms with Gasteiger partial charge in [-0.05, 0) is 49.2 Å². The molecule has 30 heavy (non-hydrogen) atoms. The molecule has 2 aromatic carbocycles. The average molecular weight is 404 g/mol. The standard InChI is InChI=1S/C24H25FN4O/c1-27-17-19-6-2-3-8-21(19)29-14-11-26-23(29)24(27)9-12-28(13-10-24)22(30)16-18-5-4-7-20(25)15-18/h2-8,11,14-15H,9-10,12-13,16-17H2,1H3. The van der Waals surface area contributed by atoms with Gasteiger partial charge in [-0.15, -0.1) is 0 Å². The van der Waals surface area contributed by atoms with Crippen LogP contribution in [0.25, 0.3) is 5.69 Å². The highest BCUT2D eigenvalue weighted by Crippen LogP contribution is 2.41. The molecule has 0 N–H and O–H groups in total. The Morgan fingerprint density at radius 1 is 1.13 bits per heavy atom. The van der Waals surface area contributed by atoms with Crippen LogP contribution in [-0.2, 0) is 23.3 Å². The predicted molar refractivity (Wildman–Crippen MR) is 113 cm³/mol. The molecule has 0 aliphatic carbocycles.